The zero-order chi connectivity index (χ0) is 12.1. The smallest absolute Gasteiger partial charge is 0.241 e. The van der Waals surface area contributed by atoms with Gasteiger partial charge in [-0.15, -0.1) is 0 Å². The van der Waals surface area contributed by atoms with E-state index in [9.17, 15) is 4.79 Å². The first-order chi connectivity index (χ1) is 7.54. The van der Waals surface area contributed by atoms with Gasteiger partial charge >= 0.3 is 0 Å². The molecule has 0 aliphatic carbocycles. The van der Waals surface area contributed by atoms with Crippen molar-refractivity contribution in [3.8, 4) is 17.7 Å². The van der Waals surface area contributed by atoms with Crippen molar-refractivity contribution < 1.29 is 9.53 Å². The molecule has 1 aromatic carbocycles. The Kier molecular flexibility index (Phi) is 3.96. The standard InChI is InChI=1S/C13H15NO2/c1-10-5-6-13(16-4)11(9-10)12(15)7-8-14(2)3/h5-6,9H,1-4H3. The third-order valence-corrected chi connectivity index (χ3v) is 1.99. The van der Waals surface area contributed by atoms with E-state index in [-0.39, 0.29) is 5.78 Å². The normalized spacial score (nSPS) is 9.00. The lowest BCUT2D eigenvalue weighted by Gasteiger charge is -2.05. The first-order valence-electron chi connectivity index (χ1n) is 4.92. The molecule has 0 amide bonds. The van der Waals surface area contributed by atoms with Crippen LogP contribution < -0.4 is 4.74 Å². The van der Waals surface area contributed by atoms with Crippen LogP contribution in [0.1, 0.15) is 15.9 Å². The maximum atomic E-state index is 11.8. The van der Waals surface area contributed by atoms with Gasteiger partial charge in [0.1, 0.15) is 5.75 Å². The van der Waals surface area contributed by atoms with E-state index in [2.05, 4.69) is 12.0 Å². The molecule has 0 saturated carbocycles. The highest BCUT2D eigenvalue weighted by Crippen LogP contribution is 2.19. The fourth-order valence-electron chi connectivity index (χ4n) is 1.23. The number of rotatable bonds is 2. The molecular formula is C13H15NO2. The molecular weight excluding hydrogens is 202 g/mol. The summed E-state index contributed by atoms with van der Waals surface area (Å²) in [5.41, 5.74) is 1.52. The van der Waals surface area contributed by atoms with Crippen LogP contribution >= 0.6 is 0 Å². The number of methoxy groups -OCH3 is 1. The van der Waals surface area contributed by atoms with Gasteiger partial charge in [-0.05, 0) is 19.1 Å². The van der Waals surface area contributed by atoms with Gasteiger partial charge in [0.2, 0.25) is 5.78 Å². The van der Waals surface area contributed by atoms with Crippen LogP contribution in [0.25, 0.3) is 0 Å². The molecule has 0 aliphatic rings. The van der Waals surface area contributed by atoms with Crippen molar-refractivity contribution in [2.45, 2.75) is 6.92 Å². The minimum absolute atomic E-state index is 0.228. The second-order valence-electron chi connectivity index (χ2n) is 3.66. The summed E-state index contributed by atoms with van der Waals surface area (Å²) in [5, 5.41) is 0. The zero-order valence-corrected chi connectivity index (χ0v) is 10.00. The van der Waals surface area contributed by atoms with Gasteiger partial charge in [-0.1, -0.05) is 11.6 Å². The highest BCUT2D eigenvalue weighted by molar-refractivity contribution is 6.10. The summed E-state index contributed by atoms with van der Waals surface area (Å²) in [6.07, 6.45) is 0. The summed E-state index contributed by atoms with van der Waals surface area (Å²) in [7, 11) is 5.11. The lowest BCUT2D eigenvalue weighted by atomic mass is 10.1. The molecule has 16 heavy (non-hydrogen) atoms. The fraction of sp³-hybridized carbons (Fsp3) is 0.308. The van der Waals surface area contributed by atoms with Crippen molar-refractivity contribution in [1.82, 2.24) is 4.90 Å². The topological polar surface area (TPSA) is 29.5 Å². The fourth-order valence-corrected chi connectivity index (χ4v) is 1.23. The number of hydrogen-bond donors (Lipinski definition) is 0. The van der Waals surface area contributed by atoms with Crippen molar-refractivity contribution in [2.75, 3.05) is 21.2 Å². The molecule has 0 radical (unpaired) electrons. The van der Waals surface area contributed by atoms with E-state index in [4.69, 9.17) is 4.74 Å². The molecule has 0 unspecified atom stereocenters. The molecule has 0 fully saturated rings. The summed E-state index contributed by atoms with van der Waals surface area (Å²) in [4.78, 5) is 13.4. The average molecular weight is 217 g/mol. The Bertz CT molecular complexity index is 453. The lowest BCUT2D eigenvalue weighted by Crippen LogP contribution is -2.05. The molecule has 0 N–H and O–H groups in total. The highest BCUT2D eigenvalue weighted by atomic mass is 16.5. The summed E-state index contributed by atoms with van der Waals surface area (Å²) >= 11 is 0. The predicted molar refractivity (Wildman–Crippen MR) is 63.5 cm³/mol. The van der Waals surface area contributed by atoms with Gasteiger partial charge in [-0.2, -0.15) is 0 Å². The van der Waals surface area contributed by atoms with E-state index in [1.54, 1.807) is 38.2 Å². The second kappa shape index (κ2) is 5.22. The maximum Gasteiger partial charge on any atom is 0.241 e. The molecule has 0 heterocycles. The Morgan fingerprint density at radius 2 is 2.06 bits per heavy atom. The number of ketones is 1. The maximum absolute atomic E-state index is 11.8. The largest absolute Gasteiger partial charge is 0.496 e. The van der Waals surface area contributed by atoms with E-state index in [1.807, 2.05) is 13.0 Å². The molecule has 84 valence electrons. The quantitative estimate of drug-likeness (QED) is 0.429. The third kappa shape index (κ3) is 3.03. The van der Waals surface area contributed by atoms with Gasteiger partial charge in [-0.25, -0.2) is 0 Å². The first kappa shape index (κ1) is 12.1. The number of ether oxygens (including phenoxy) is 1. The van der Waals surface area contributed by atoms with Crippen LogP contribution in [0.4, 0.5) is 0 Å². The molecule has 3 nitrogen and oxygen atoms in total. The van der Waals surface area contributed by atoms with Gasteiger partial charge in [0.15, 0.2) is 0 Å². The van der Waals surface area contributed by atoms with E-state index >= 15 is 0 Å². The number of Topliss-reactive ketones (excluding diaryl/α,β-unsaturated/α-hetero) is 1. The second-order valence-corrected chi connectivity index (χ2v) is 3.66. The minimum atomic E-state index is -0.228. The molecule has 1 aromatic rings. The Labute approximate surface area is 96.0 Å². The Balaban J connectivity index is 3.08. The van der Waals surface area contributed by atoms with Gasteiger partial charge < -0.3 is 9.64 Å². The molecule has 0 spiro atoms. The predicted octanol–water partition coefficient (Wildman–Crippen LogP) is 1.71. The van der Waals surface area contributed by atoms with Crippen LogP contribution in [0, 0.1) is 18.9 Å². The number of hydrogen-bond acceptors (Lipinski definition) is 3. The summed E-state index contributed by atoms with van der Waals surface area (Å²) in [5.74, 6) is 2.89. The van der Waals surface area contributed by atoms with E-state index in [0.717, 1.165) is 5.56 Å². The average Bonchev–Trinajstić information content (AvgIpc) is 2.25. The van der Waals surface area contributed by atoms with Crippen LogP contribution in [0.5, 0.6) is 5.75 Å². The van der Waals surface area contributed by atoms with Gasteiger partial charge in [-0.3, -0.25) is 4.79 Å². The number of carbonyl (C=O) groups is 1. The minimum Gasteiger partial charge on any atom is -0.496 e. The number of aryl methyl sites for hydroxylation is 1. The van der Waals surface area contributed by atoms with Crippen LogP contribution in [0.15, 0.2) is 18.2 Å². The Morgan fingerprint density at radius 3 is 2.62 bits per heavy atom. The van der Waals surface area contributed by atoms with Crippen molar-refractivity contribution in [3.63, 3.8) is 0 Å². The number of benzene rings is 1. The highest BCUT2D eigenvalue weighted by Gasteiger charge is 2.09. The Morgan fingerprint density at radius 1 is 1.38 bits per heavy atom. The van der Waals surface area contributed by atoms with Gasteiger partial charge in [0.25, 0.3) is 0 Å². The molecule has 1 rings (SSSR count). The van der Waals surface area contributed by atoms with Gasteiger partial charge in [0, 0.05) is 26.1 Å². The van der Waals surface area contributed by atoms with Crippen molar-refractivity contribution in [3.05, 3.63) is 29.3 Å². The molecule has 0 aliphatic heterocycles. The molecule has 0 saturated heterocycles. The molecule has 3 heteroatoms. The van der Waals surface area contributed by atoms with Crippen LogP contribution in [0.2, 0.25) is 0 Å². The number of nitrogens with zero attached hydrogens (tertiary/aromatic N) is 1. The molecule has 0 aromatic heterocycles. The zero-order valence-electron chi connectivity index (χ0n) is 10.00. The van der Waals surface area contributed by atoms with Crippen molar-refractivity contribution in [1.29, 1.82) is 0 Å². The molecule has 0 atom stereocenters. The first-order valence-corrected chi connectivity index (χ1v) is 4.92. The summed E-state index contributed by atoms with van der Waals surface area (Å²) in [6.45, 7) is 1.93. The SMILES string of the molecule is COc1ccc(C)cc1C(=O)C#CN(C)C. The molecule has 0 bridgehead atoms. The third-order valence-electron chi connectivity index (χ3n) is 1.99. The van der Waals surface area contributed by atoms with Crippen LogP contribution in [-0.4, -0.2) is 31.9 Å². The monoisotopic (exact) mass is 217 g/mol. The van der Waals surface area contributed by atoms with Gasteiger partial charge in [0.05, 0.1) is 12.7 Å². The van der Waals surface area contributed by atoms with E-state index in [0.29, 0.717) is 11.3 Å². The van der Waals surface area contributed by atoms with Crippen LogP contribution in [-0.2, 0) is 0 Å². The lowest BCUT2D eigenvalue weighted by molar-refractivity contribution is 0.105. The van der Waals surface area contributed by atoms with Crippen LogP contribution in [0.3, 0.4) is 0 Å². The van der Waals surface area contributed by atoms with E-state index in [1.165, 1.54) is 0 Å². The van der Waals surface area contributed by atoms with Crippen molar-refractivity contribution in [2.24, 2.45) is 0 Å². The van der Waals surface area contributed by atoms with E-state index < -0.39 is 0 Å². The Hall–Kier alpha value is -1.95. The number of carbonyl (C=O) groups excluding carboxylic acids is 1. The summed E-state index contributed by atoms with van der Waals surface area (Å²) in [6, 6.07) is 8.15. The summed E-state index contributed by atoms with van der Waals surface area (Å²) < 4.78 is 5.13. The van der Waals surface area contributed by atoms with Crippen molar-refractivity contribution >= 4 is 5.78 Å².